The zero-order valence-electron chi connectivity index (χ0n) is 14.7. The summed E-state index contributed by atoms with van der Waals surface area (Å²) >= 11 is 5.23. The molecule has 8 nitrogen and oxygen atoms in total. The molecule has 140 valence electrons. The molecular formula is C19H14N4O4S. The average Bonchev–Trinajstić information content (AvgIpc) is 3.22. The van der Waals surface area contributed by atoms with Gasteiger partial charge in [-0.1, -0.05) is 23.8 Å². The molecule has 2 aliphatic heterocycles. The number of hydrazine groups is 1. The number of aliphatic imine (C=N–C) groups is 1. The van der Waals surface area contributed by atoms with Crippen LogP contribution in [-0.2, 0) is 14.4 Å². The zero-order valence-corrected chi connectivity index (χ0v) is 15.5. The van der Waals surface area contributed by atoms with Crippen LogP contribution in [0.4, 0.5) is 11.4 Å². The maximum Gasteiger partial charge on any atom is 0.376 e. The number of hydrogen-bond donors (Lipinski definition) is 1. The minimum Gasteiger partial charge on any atom is -0.497 e. The summed E-state index contributed by atoms with van der Waals surface area (Å²) in [5.74, 6) is -0.395. The molecule has 0 aliphatic carbocycles. The van der Waals surface area contributed by atoms with Crippen LogP contribution in [0, 0.1) is 0 Å². The van der Waals surface area contributed by atoms with E-state index in [0.717, 1.165) is 0 Å². The molecule has 2 aromatic carbocycles. The predicted octanol–water partition coefficient (Wildman–Crippen LogP) is 2.13. The maximum atomic E-state index is 12.8. The highest BCUT2D eigenvalue weighted by Gasteiger charge is 2.35. The van der Waals surface area contributed by atoms with Crippen molar-refractivity contribution < 1.29 is 19.2 Å². The highest BCUT2D eigenvalue weighted by Crippen LogP contribution is 2.26. The molecule has 2 heterocycles. The van der Waals surface area contributed by atoms with Crippen molar-refractivity contribution in [1.29, 1.82) is 0 Å². The van der Waals surface area contributed by atoms with Crippen LogP contribution in [0.3, 0.4) is 0 Å². The Kier molecular flexibility index (Phi) is 4.60. The van der Waals surface area contributed by atoms with E-state index in [0.29, 0.717) is 17.1 Å². The van der Waals surface area contributed by atoms with Crippen molar-refractivity contribution in [3.63, 3.8) is 0 Å². The number of benzene rings is 2. The number of rotatable bonds is 4. The molecule has 0 aromatic heterocycles. The first-order valence-corrected chi connectivity index (χ1v) is 8.64. The van der Waals surface area contributed by atoms with E-state index in [4.69, 9.17) is 21.8 Å². The summed E-state index contributed by atoms with van der Waals surface area (Å²) in [5, 5.41) is 1.52. The normalized spacial score (nSPS) is 18.0. The molecule has 0 atom stereocenters. The van der Waals surface area contributed by atoms with Gasteiger partial charge >= 0.3 is 5.97 Å². The largest absolute Gasteiger partial charge is 0.497 e. The topological polar surface area (TPSA) is 83.5 Å². The number of thiocarbonyl (C=S) groups is 1. The van der Waals surface area contributed by atoms with Gasteiger partial charge in [-0.2, -0.15) is 0 Å². The molecule has 4 rings (SSSR count). The first-order valence-electron chi connectivity index (χ1n) is 8.23. The fourth-order valence-corrected chi connectivity index (χ4v) is 3.04. The van der Waals surface area contributed by atoms with Gasteiger partial charge in [0, 0.05) is 6.08 Å². The summed E-state index contributed by atoms with van der Waals surface area (Å²) in [6.07, 6.45) is 1.35. The maximum absolute atomic E-state index is 12.8. The molecule has 0 bridgehead atoms. The van der Waals surface area contributed by atoms with Gasteiger partial charge in [0.2, 0.25) is 5.11 Å². The van der Waals surface area contributed by atoms with Gasteiger partial charge in [0.25, 0.3) is 5.91 Å². The summed E-state index contributed by atoms with van der Waals surface area (Å²) < 4.78 is 5.13. The average molecular weight is 394 g/mol. The fourth-order valence-electron chi connectivity index (χ4n) is 2.76. The van der Waals surface area contributed by atoms with Gasteiger partial charge in [-0.05, 0) is 48.6 Å². The summed E-state index contributed by atoms with van der Waals surface area (Å²) in [5.41, 5.74) is 3.89. The van der Waals surface area contributed by atoms with Crippen LogP contribution in [0.2, 0.25) is 0 Å². The number of para-hydroxylation sites is 1. The van der Waals surface area contributed by atoms with E-state index in [-0.39, 0.29) is 16.5 Å². The Morgan fingerprint density at radius 3 is 2.46 bits per heavy atom. The number of methoxy groups -OCH3 is 1. The second-order valence-electron chi connectivity index (χ2n) is 5.80. The van der Waals surface area contributed by atoms with E-state index < -0.39 is 11.9 Å². The van der Waals surface area contributed by atoms with Gasteiger partial charge < -0.3 is 9.57 Å². The highest BCUT2D eigenvalue weighted by atomic mass is 32.1. The Morgan fingerprint density at radius 2 is 1.79 bits per heavy atom. The fraction of sp³-hybridized carbons (Fsp3) is 0.0526. The van der Waals surface area contributed by atoms with Crippen LogP contribution in [0.15, 0.2) is 71.4 Å². The Bertz CT molecular complexity index is 1020. The van der Waals surface area contributed by atoms with Crippen molar-refractivity contribution in [2.24, 2.45) is 4.99 Å². The zero-order chi connectivity index (χ0) is 19.7. The van der Waals surface area contributed by atoms with Gasteiger partial charge in [0.1, 0.15) is 11.5 Å². The second kappa shape index (κ2) is 7.22. The molecular weight excluding hydrogens is 380 g/mol. The Balaban J connectivity index is 1.64. The van der Waals surface area contributed by atoms with Crippen LogP contribution >= 0.6 is 12.2 Å². The van der Waals surface area contributed by atoms with Crippen molar-refractivity contribution in [3.05, 3.63) is 66.4 Å². The lowest BCUT2D eigenvalue weighted by Gasteiger charge is -2.16. The van der Waals surface area contributed by atoms with Gasteiger partial charge in [-0.25, -0.2) is 19.7 Å². The Morgan fingerprint density at radius 1 is 1.07 bits per heavy atom. The van der Waals surface area contributed by atoms with E-state index in [9.17, 15) is 9.59 Å². The molecule has 28 heavy (non-hydrogen) atoms. The molecule has 0 unspecified atom stereocenters. The van der Waals surface area contributed by atoms with E-state index in [1.54, 1.807) is 55.6 Å². The van der Waals surface area contributed by atoms with Crippen LogP contribution in [0.5, 0.6) is 5.75 Å². The third-order valence-corrected chi connectivity index (χ3v) is 4.40. The predicted molar refractivity (Wildman–Crippen MR) is 107 cm³/mol. The lowest BCUT2D eigenvalue weighted by atomic mass is 10.2. The standard InChI is InChI=1S/C19H14N4O4S/c1-26-14-9-7-13(8-10-14)23-16(18(25)27-21-23)11-15-17(24)22(19(28)20-15)12-5-3-2-4-6-12/h2-11,21H,1H3/b16-11+. The quantitative estimate of drug-likeness (QED) is 0.628. The third kappa shape index (κ3) is 3.13. The van der Waals surface area contributed by atoms with Crippen molar-refractivity contribution in [2.75, 3.05) is 17.0 Å². The van der Waals surface area contributed by atoms with Gasteiger partial charge in [-0.15, -0.1) is 0 Å². The third-order valence-electron chi connectivity index (χ3n) is 4.13. The van der Waals surface area contributed by atoms with Crippen molar-refractivity contribution in [1.82, 2.24) is 5.59 Å². The van der Waals surface area contributed by atoms with Gasteiger partial charge in [-0.3, -0.25) is 4.79 Å². The molecule has 0 saturated carbocycles. The molecule has 0 radical (unpaired) electrons. The molecule has 1 fully saturated rings. The summed E-state index contributed by atoms with van der Waals surface area (Å²) in [6, 6.07) is 15.9. The minimum atomic E-state index is -0.643. The smallest absolute Gasteiger partial charge is 0.376 e. The summed E-state index contributed by atoms with van der Waals surface area (Å²) in [6.45, 7) is 0. The number of amides is 1. The Hall–Kier alpha value is -3.56. The van der Waals surface area contributed by atoms with Crippen LogP contribution in [-0.4, -0.2) is 29.8 Å². The molecule has 1 N–H and O–H groups in total. The number of hydrogen-bond acceptors (Lipinski definition) is 7. The lowest BCUT2D eigenvalue weighted by Crippen LogP contribution is -2.33. The summed E-state index contributed by atoms with van der Waals surface area (Å²) in [4.78, 5) is 35.3. The molecule has 2 aliphatic rings. The molecule has 1 amide bonds. The van der Waals surface area contributed by atoms with Crippen LogP contribution in [0.1, 0.15) is 0 Å². The van der Waals surface area contributed by atoms with Crippen LogP contribution < -0.4 is 20.2 Å². The molecule has 0 spiro atoms. The van der Waals surface area contributed by atoms with Crippen molar-refractivity contribution in [3.8, 4) is 5.75 Å². The van der Waals surface area contributed by atoms with Gasteiger partial charge in [0.15, 0.2) is 5.70 Å². The molecule has 9 heteroatoms. The van der Waals surface area contributed by atoms with E-state index in [1.807, 2.05) is 6.07 Å². The second-order valence-corrected chi connectivity index (χ2v) is 6.16. The first-order chi connectivity index (χ1) is 13.6. The number of carbonyl (C=O) groups excluding carboxylic acids is 2. The molecule has 1 saturated heterocycles. The number of anilines is 2. The SMILES string of the molecule is COc1ccc(N2NOC(=O)/C2=C\C2=NC(=S)N(c3ccccc3)C2=O)cc1. The lowest BCUT2D eigenvalue weighted by molar-refractivity contribution is -0.140. The van der Waals surface area contributed by atoms with Gasteiger partial charge in [0.05, 0.1) is 18.5 Å². The van der Waals surface area contributed by atoms with E-state index in [1.165, 1.54) is 16.0 Å². The number of carbonyl (C=O) groups is 2. The van der Waals surface area contributed by atoms with Crippen LogP contribution in [0.25, 0.3) is 0 Å². The Labute approximate surface area is 165 Å². The van der Waals surface area contributed by atoms with Crippen molar-refractivity contribution in [2.45, 2.75) is 0 Å². The molecule has 2 aromatic rings. The first kappa shape index (κ1) is 17.8. The highest BCUT2D eigenvalue weighted by molar-refractivity contribution is 7.80. The number of nitrogens with zero attached hydrogens (tertiary/aromatic N) is 3. The number of nitrogens with one attached hydrogen (secondary N) is 1. The number of ether oxygens (including phenoxy) is 1. The summed E-state index contributed by atoms with van der Waals surface area (Å²) in [7, 11) is 1.56. The van der Waals surface area contributed by atoms with E-state index >= 15 is 0 Å². The van der Waals surface area contributed by atoms with E-state index in [2.05, 4.69) is 10.6 Å². The monoisotopic (exact) mass is 394 g/mol. The van der Waals surface area contributed by atoms with Crippen molar-refractivity contribution >= 4 is 46.3 Å². The minimum absolute atomic E-state index is 0.0445.